The van der Waals surface area contributed by atoms with E-state index in [1.165, 1.54) is 0 Å². The minimum atomic E-state index is -0.213. The zero-order valence-electron chi connectivity index (χ0n) is 8.98. The van der Waals surface area contributed by atoms with Crippen molar-refractivity contribution in [3.05, 3.63) is 58.6 Å². The van der Waals surface area contributed by atoms with Gasteiger partial charge in [-0.05, 0) is 30.3 Å². The van der Waals surface area contributed by atoms with Gasteiger partial charge in [0.05, 0.1) is 5.56 Å². The van der Waals surface area contributed by atoms with Crippen LogP contribution in [-0.2, 0) is 0 Å². The minimum absolute atomic E-state index is 0.213. The lowest BCUT2D eigenvalue weighted by Crippen LogP contribution is -2.13. The summed E-state index contributed by atoms with van der Waals surface area (Å²) in [5.41, 5.74) is 7.43. The highest BCUT2D eigenvalue weighted by Gasteiger charge is 2.10. The lowest BCUT2D eigenvalue weighted by molar-refractivity contribution is 0.102. The van der Waals surface area contributed by atoms with Crippen LogP contribution < -0.4 is 11.1 Å². The molecule has 0 bridgehead atoms. The van der Waals surface area contributed by atoms with E-state index < -0.39 is 0 Å². The van der Waals surface area contributed by atoms with Crippen LogP contribution in [0.4, 0.5) is 11.4 Å². The third kappa shape index (κ3) is 2.85. The molecule has 0 aliphatic carbocycles. The Labute approximate surface area is 108 Å². The molecule has 0 heterocycles. The monoisotopic (exact) mass is 290 g/mol. The average Bonchev–Trinajstić information content (AvgIpc) is 2.33. The van der Waals surface area contributed by atoms with Crippen molar-refractivity contribution in [1.82, 2.24) is 0 Å². The van der Waals surface area contributed by atoms with Gasteiger partial charge in [-0.1, -0.05) is 34.1 Å². The molecule has 0 aromatic heterocycles. The fourth-order valence-electron chi connectivity index (χ4n) is 1.45. The fraction of sp³-hybridized carbons (Fsp3) is 0. The van der Waals surface area contributed by atoms with Crippen LogP contribution in [0.1, 0.15) is 10.4 Å². The molecule has 2 rings (SSSR count). The summed E-state index contributed by atoms with van der Waals surface area (Å²) in [5.74, 6) is -0.213. The van der Waals surface area contributed by atoms with Gasteiger partial charge in [-0.25, -0.2) is 0 Å². The number of anilines is 2. The van der Waals surface area contributed by atoms with Crippen molar-refractivity contribution in [3.8, 4) is 0 Å². The summed E-state index contributed by atoms with van der Waals surface area (Å²) in [7, 11) is 0. The smallest absolute Gasteiger partial charge is 0.257 e. The second-order valence-electron chi connectivity index (χ2n) is 3.55. The quantitative estimate of drug-likeness (QED) is 0.834. The van der Waals surface area contributed by atoms with Crippen LogP contribution in [-0.4, -0.2) is 5.91 Å². The highest BCUT2D eigenvalue weighted by atomic mass is 79.9. The van der Waals surface area contributed by atoms with Crippen molar-refractivity contribution in [3.63, 3.8) is 0 Å². The van der Waals surface area contributed by atoms with Crippen molar-refractivity contribution in [2.24, 2.45) is 0 Å². The first kappa shape index (κ1) is 11.7. The molecule has 17 heavy (non-hydrogen) atoms. The summed E-state index contributed by atoms with van der Waals surface area (Å²) < 4.78 is 0.824. The Morgan fingerprint density at radius 3 is 2.53 bits per heavy atom. The molecule has 4 heteroatoms. The molecule has 86 valence electrons. The Bertz CT molecular complexity index is 540. The van der Waals surface area contributed by atoms with Crippen molar-refractivity contribution in [1.29, 1.82) is 0 Å². The number of nitrogens with one attached hydrogen (secondary N) is 1. The number of halogens is 1. The Balaban J connectivity index is 2.23. The van der Waals surface area contributed by atoms with Gasteiger partial charge in [-0.15, -0.1) is 0 Å². The topological polar surface area (TPSA) is 55.1 Å². The number of amides is 1. The van der Waals surface area contributed by atoms with Crippen molar-refractivity contribution in [2.75, 3.05) is 11.1 Å². The largest absolute Gasteiger partial charge is 0.398 e. The van der Waals surface area contributed by atoms with Gasteiger partial charge in [-0.3, -0.25) is 4.79 Å². The van der Waals surface area contributed by atoms with E-state index in [1.54, 1.807) is 18.2 Å². The Kier molecular flexibility index (Phi) is 3.44. The molecule has 2 aromatic carbocycles. The standard InChI is InChI=1S/C13H11BrN2O/c14-9-6-7-12(15)11(8-9)13(17)16-10-4-2-1-3-5-10/h1-8H,15H2,(H,16,17). The van der Waals surface area contributed by atoms with Crippen LogP contribution in [0.25, 0.3) is 0 Å². The summed E-state index contributed by atoms with van der Waals surface area (Å²) in [6.45, 7) is 0. The zero-order chi connectivity index (χ0) is 12.3. The fourth-order valence-corrected chi connectivity index (χ4v) is 1.81. The molecule has 0 radical (unpaired) electrons. The third-order valence-corrected chi connectivity index (χ3v) is 2.78. The molecular formula is C13H11BrN2O. The first-order chi connectivity index (χ1) is 8.16. The number of carbonyl (C=O) groups excluding carboxylic acids is 1. The van der Waals surface area contributed by atoms with Crippen LogP contribution in [0, 0.1) is 0 Å². The maximum Gasteiger partial charge on any atom is 0.257 e. The van der Waals surface area contributed by atoms with Gasteiger partial charge in [0, 0.05) is 15.8 Å². The van der Waals surface area contributed by atoms with Crippen LogP contribution in [0.2, 0.25) is 0 Å². The highest BCUT2D eigenvalue weighted by molar-refractivity contribution is 9.10. The van der Waals surface area contributed by atoms with Crippen molar-refractivity contribution >= 4 is 33.2 Å². The van der Waals surface area contributed by atoms with Gasteiger partial charge in [-0.2, -0.15) is 0 Å². The van der Waals surface area contributed by atoms with E-state index in [0.717, 1.165) is 10.2 Å². The molecule has 0 atom stereocenters. The SMILES string of the molecule is Nc1ccc(Br)cc1C(=O)Nc1ccccc1. The number of hydrogen-bond acceptors (Lipinski definition) is 2. The number of nitrogen functional groups attached to an aromatic ring is 1. The normalized spacial score (nSPS) is 9.94. The number of carbonyl (C=O) groups is 1. The summed E-state index contributed by atoms with van der Waals surface area (Å²) in [4.78, 5) is 12.0. The number of nitrogens with two attached hydrogens (primary N) is 1. The van der Waals surface area contributed by atoms with E-state index in [4.69, 9.17) is 5.73 Å². The van der Waals surface area contributed by atoms with Gasteiger partial charge >= 0.3 is 0 Å². The predicted molar refractivity (Wildman–Crippen MR) is 72.9 cm³/mol. The maximum absolute atomic E-state index is 12.0. The zero-order valence-corrected chi connectivity index (χ0v) is 10.6. The molecule has 0 fully saturated rings. The first-order valence-corrected chi connectivity index (χ1v) is 5.87. The first-order valence-electron chi connectivity index (χ1n) is 5.08. The molecule has 0 aliphatic heterocycles. The predicted octanol–water partition coefficient (Wildman–Crippen LogP) is 3.28. The summed E-state index contributed by atoms with van der Waals surface area (Å²) in [5, 5.41) is 2.79. The summed E-state index contributed by atoms with van der Waals surface area (Å²) in [6, 6.07) is 14.5. The summed E-state index contributed by atoms with van der Waals surface area (Å²) >= 11 is 3.31. The average molecular weight is 291 g/mol. The maximum atomic E-state index is 12.0. The van der Waals surface area contributed by atoms with Crippen LogP contribution in [0.5, 0.6) is 0 Å². The third-order valence-electron chi connectivity index (χ3n) is 2.29. The molecular weight excluding hydrogens is 280 g/mol. The number of para-hydroxylation sites is 1. The molecule has 3 nitrogen and oxygen atoms in total. The van der Waals surface area contributed by atoms with Crippen LogP contribution in [0.15, 0.2) is 53.0 Å². The van der Waals surface area contributed by atoms with Gasteiger partial charge in [0.1, 0.15) is 0 Å². The van der Waals surface area contributed by atoms with Gasteiger partial charge in [0.15, 0.2) is 0 Å². The lowest BCUT2D eigenvalue weighted by Gasteiger charge is -2.07. The van der Waals surface area contributed by atoms with E-state index in [-0.39, 0.29) is 5.91 Å². The number of hydrogen-bond donors (Lipinski definition) is 2. The highest BCUT2D eigenvalue weighted by Crippen LogP contribution is 2.19. The van der Waals surface area contributed by atoms with Crippen LogP contribution in [0.3, 0.4) is 0 Å². The van der Waals surface area contributed by atoms with Crippen molar-refractivity contribution < 1.29 is 4.79 Å². The molecule has 0 saturated heterocycles. The Hall–Kier alpha value is -1.81. The molecule has 0 unspecified atom stereocenters. The lowest BCUT2D eigenvalue weighted by atomic mass is 10.1. The van der Waals surface area contributed by atoms with Gasteiger partial charge in [0.2, 0.25) is 0 Å². The van der Waals surface area contributed by atoms with E-state index in [0.29, 0.717) is 11.3 Å². The molecule has 3 N–H and O–H groups in total. The molecule has 2 aromatic rings. The molecule has 1 amide bonds. The molecule has 0 aliphatic rings. The second-order valence-corrected chi connectivity index (χ2v) is 4.47. The summed E-state index contributed by atoms with van der Waals surface area (Å²) in [6.07, 6.45) is 0. The van der Waals surface area contributed by atoms with Gasteiger partial charge < -0.3 is 11.1 Å². The van der Waals surface area contributed by atoms with E-state index in [9.17, 15) is 4.79 Å². The van der Waals surface area contributed by atoms with E-state index in [2.05, 4.69) is 21.2 Å². The van der Waals surface area contributed by atoms with Crippen LogP contribution >= 0.6 is 15.9 Å². The molecule has 0 spiro atoms. The molecule has 0 saturated carbocycles. The van der Waals surface area contributed by atoms with E-state index in [1.807, 2.05) is 30.3 Å². The number of rotatable bonds is 2. The Morgan fingerprint density at radius 1 is 1.12 bits per heavy atom. The van der Waals surface area contributed by atoms with E-state index >= 15 is 0 Å². The van der Waals surface area contributed by atoms with Gasteiger partial charge in [0.25, 0.3) is 5.91 Å². The Morgan fingerprint density at radius 2 is 1.82 bits per heavy atom. The minimum Gasteiger partial charge on any atom is -0.398 e. The van der Waals surface area contributed by atoms with Crippen molar-refractivity contribution in [2.45, 2.75) is 0 Å². The second kappa shape index (κ2) is 5.01. The number of benzene rings is 2.